The first-order valence-electron chi connectivity index (χ1n) is 9.72. The molecule has 0 spiro atoms. The lowest BCUT2D eigenvalue weighted by Gasteiger charge is -2.25. The molecule has 0 saturated carbocycles. The van der Waals surface area contributed by atoms with E-state index in [1.165, 1.54) is 44.7 Å². The van der Waals surface area contributed by atoms with Crippen molar-refractivity contribution in [2.24, 2.45) is 11.8 Å². The molecule has 0 aliphatic carbocycles. The molecule has 2 aromatic rings. The number of amides is 1. The number of methoxy groups -OCH3 is 2. The Morgan fingerprint density at radius 3 is 2.63 bits per heavy atom. The minimum atomic E-state index is -4.74. The van der Waals surface area contributed by atoms with Crippen molar-refractivity contribution in [1.29, 1.82) is 0 Å². The fourth-order valence-corrected chi connectivity index (χ4v) is 4.93. The van der Waals surface area contributed by atoms with Gasteiger partial charge in [0.1, 0.15) is 11.4 Å². The molecule has 0 saturated heterocycles. The van der Waals surface area contributed by atoms with Crippen molar-refractivity contribution < 1.29 is 40.7 Å². The second kappa shape index (κ2) is 9.96. The van der Waals surface area contributed by atoms with Gasteiger partial charge in [0, 0.05) is 5.38 Å². The fourth-order valence-electron chi connectivity index (χ4n) is 2.91. The molecule has 2 heterocycles. The smallest absolute Gasteiger partial charge is 0.431 e. The van der Waals surface area contributed by atoms with Gasteiger partial charge in [-0.15, -0.1) is 11.3 Å². The first-order chi connectivity index (χ1) is 16.4. The molecule has 35 heavy (non-hydrogen) atoms. The van der Waals surface area contributed by atoms with E-state index in [0.29, 0.717) is 0 Å². The number of nitrogens with one attached hydrogen (secondary N) is 2. The Labute approximate surface area is 202 Å². The Balaban J connectivity index is 1.83. The lowest BCUT2D eigenvalue weighted by molar-refractivity contribution is -0.131. The van der Waals surface area contributed by atoms with Gasteiger partial charge in [-0.2, -0.15) is 21.6 Å². The minimum Gasteiger partial charge on any atom is -0.495 e. The summed E-state index contributed by atoms with van der Waals surface area (Å²) in [6.07, 6.45) is -3.92. The van der Waals surface area contributed by atoms with Crippen LogP contribution in [0.25, 0.3) is 0 Å². The van der Waals surface area contributed by atoms with E-state index in [0.717, 1.165) is 17.4 Å². The first-order valence-corrected chi connectivity index (χ1v) is 12.1. The summed E-state index contributed by atoms with van der Waals surface area (Å²) in [5.41, 5.74) is -1.02. The third-order valence-corrected chi connectivity index (χ3v) is 6.99. The number of carbonyl (C=O) groups excluding carboxylic acids is 2. The Kier molecular flexibility index (Phi) is 7.41. The lowest BCUT2D eigenvalue weighted by atomic mass is 9.89. The van der Waals surface area contributed by atoms with Gasteiger partial charge in [-0.05, 0) is 30.2 Å². The zero-order valence-electron chi connectivity index (χ0n) is 18.4. The van der Waals surface area contributed by atoms with E-state index in [4.69, 9.17) is 4.74 Å². The van der Waals surface area contributed by atoms with Crippen LogP contribution in [0.2, 0.25) is 0 Å². The van der Waals surface area contributed by atoms with Gasteiger partial charge in [0.2, 0.25) is 5.91 Å². The minimum absolute atomic E-state index is 0.0264. The number of allylic oxidation sites excluding steroid dienone is 2. The zero-order valence-corrected chi connectivity index (χ0v) is 20.0. The molecule has 2 N–H and O–H groups in total. The number of rotatable bonds is 5. The van der Waals surface area contributed by atoms with Gasteiger partial charge in [-0.3, -0.25) is 9.52 Å². The average molecular weight is 530 g/mol. The molecule has 1 aliphatic rings. The Bertz CT molecular complexity index is 1360. The number of benzene rings is 1. The summed E-state index contributed by atoms with van der Waals surface area (Å²) in [5.74, 6) is 1.81. The monoisotopic (exact) mass is 529 g/mol. The highest BCUT2D eigenvalue weighted by atomic mass is 32.2. The Morgan fingerprint density at radius 2 is 2.00 bits per heavy atom. The molecule has 0 fully saturated rings. The quantitative estimate of drug-likeness (QED) is 0.451. The third-order valence-electron chi connectivity index (χ3n) is 4.83. The summed E-state index contributed by atoms with van der Waals surface area (Å²) < 4.78 is 76.5. The number of alkyl halides is 3. The molecule has 2 atom stereocenters. The van der Waals surface area contributed by atoms with Crippen LogP contribution in [0, 0.1) is 23.7 Å². The zero-order chi connectivity index (χ0) is 26.0. The van der Waals surface area contributed by atoms with Crippen LogP contribution in [0.4, 0.5) is 18.9 Å². The van der Waals surface area contributed by atoms with Crippen LogP contribution in [0.15, 0.2) is 40.4 Å². The second-order valence-corrected chi connectivity index (χ2v) is 9.64. The van der Waals surface area contributed by atoms with Crippen LogP contribution in [0.1, 0.15) is 22.3 Å². The normalized spacial score (nSPS) is 18.0. The molecule has 1 aromatic heterocycles. The fraction of sp³-hybridized carbons (Fsp3) is 0.286. The number of nitrogens with zero attached hydrogens (tertiary/aromatic N) is 1. The van der Waals surface area contributed by atoms with Gasteiger partial charge in [0.05, 0.1) is 37.3 Å². The molecule has 186 valence electrons. The van der Waals surface area contributed by atoms with Crippen LogP contribution < -0.4 is 14.8 Å². The maximum Gasteiger partial charge on any atom is 0.431 e. The number of hydrogen-bond acceptors (Lipinski definition) is 8. The van der Waals surface area contributed by atoms with Gasteiger partial charge in [0.25, 0.3) is 10.0 Å². The van der Waals surface area contributed by atoms with Crippen molar-refractivity contribution in [2.45, 2.75) is 18.1 Å². The summed E-state index contributed by atoms with van der Waals surface area (Å²) in [5, 5.41) is 2.64. The van der Waals surface area contributed by atoms with Gasteiger partial charge < -0.3 is 14.8 Å². The highest BCUT2D eigenvalue weighted by molar-refractivity contribution is 7.92. The summed E-state index contributed by atoms with van der Waals surface area (Å²) in [4.78, 5) is 27.4. The predicted octanol–water partition coefficient (Wildman–Crippen LogP) is 2.92. The molecule has 9 nitrogen and oxygen atoms in total. The van der Waals surface area contributed by atoms with Gasteiger partial charge in [-0.25, -0.2) is 9.78 Å². The average Bonchev–Trinajstić information content (AvgIpc) is 3.29. The number of sulfonamides is 1. The number of anilines is 1. The number of thiazole rings is 1. The van der Waals surface area contributed by atoms with E-state index in [9.17, 15) is 31.2 Å². The summed E-state index contributed by atoms with van der Waals surface area (Å²) in [7, 11) is -1.71. The van der Waals surface area contributed by atoms with Crippen LogP contribution in [-0.4, -0.2) is 45.7 Å². The van der Waals surface area contributed by atoms with Crippen molar-refractivity contribution in [3.8, 4) is 17.6 Å². The number of aromatic nitrogens is 1. The summed E-state index contributed by atoms with van der Waals surface area (Å²) >= 11 is 0.863. The number of halogens is 3. The standard InChI is InChI=1S/C21H18F3N3O6S2/c1-11-12(9-16(21(22,23)24)25-19(11)28)5-7-17-26-18(10-34-17)35(30,31)27-14-6-4-13(20(29)33-3)8-15(14)32-2/h4,6,8-12,27H,1-3H3,(H,25,28). The van der Waals surface area contributed by atoms with Gasteiger partial charge in [-0.1, -0.05) is 12.8 Å². The highest BCUT2D eigenvalue weighted by Gasteiger charge is 2.40. The molecule has 0 radical (unpaired) electrons. The Hall–Kier alpha value is -3.57. The van der Waals surface area contributed by atoms with E-state index in [2.05, 4.69) is 26.3 Å². The predicted molar refractivity (Wildman–Crippen MR) is 119 cm³/mol. The summed E-state index contributed by atoms with van der Waals surface area (Å²) in [6.45, 7) is 1.43. The maximum atomic E-state index is 13.0. The van der Waals surface area contributed by atoms with E-state index in [1.54, 1.807) is 5.32 Å². The number of carbonyl (C=O) groups is 2. The highest BCUT2D eigenvalue weighted by Crippen LogP contribution is 2.31. The Morgan fingerprint density at radius 1 is 1.29 bits per heavy atom. The van der Waals surface area contributed by atoms with Crippen molar-refractivity contribution in [2.75, 3.05) is 18.9 Å². The van der Waals surface area contributed by atoms with E-state index >= 15 is 0 Å². The van der Waals surface area contributed by atoms with Gasteiger partial charge in [0.15, 0.2) is 10.0 Å². The van der Waals surface area contributed by atoms with Crippen molar-refractivity contribution in [3.63, 3.8) is 0 Å². The number of ether oxygens (including phenoxy) is 2. The van der Waals surface area contributed by atoms with Crippen LogP contribution in [-0.2, 0) is 19.6 Å². The second-order valence-electron chi connectivity index (χ2n) is 7.15. The number of esters is 1. The third kappa shape index (κ3) is 5.92. The molecule has 1 aliphatic heterocycles. The van der Waals surface area contributed by atoms with Crippen LogP contribution in [0.3, 0.4) is 0 Å². The molecule has 14 heteroatoms. The maximum absolute atomic E-state index is 13.0. The molecular formula is C21H18F3N3O6S2. The van der Waals surface area contributed by atoms with Crippen molar-refractivity contribution >= 4 is 38.9 Å². The van der Waals surface area contributed by atoms with E-state index < -0.39 is 45.6 Å². The number of hydrogen-bond donors (Lipinski definition) is 2. The van der Waals surface area contributed by atoms with Crippen LogP contribution >= 0.6 is 11.3 Å². The first kappa shape index (κ1) is 26.0. The topological polar surface area (TPSA) is 124 Å². The lowest BCUT2D eigenvalue weighted by Crippen LogP contribution is -2.41. The van der Waals surface area contributed by atoms with Crippen LogP contribution in [0.5, 0.6) is 5.75 Å². The largest absolute Gasteiger partial charge is 0.495 e. The van der Waals surface area contributed by atoms with Crippen molar-refractivity contribution in [1.82, 2.24) is 10.3 Å². The molecule has 3 rings (SSSR count). The molecule has 1 amide bonds. The summed E-state index contributed by atoms with van der Waals surface area (Å²) in [6, 6.07) is 3.95. The molecule has 2 unspecified atom stereocenters. The van der Waals surface area contributed by atoms with E-state index in [-0.39, 0.29) is 27.0 Å². The molecule has 0 bridgehead atoms. The molecule has 1 aromatic carbocycles. The SMILES string of the molecule is COC(=O)c1ccc(NS(=O)(=O)c2csc(C#CC3C=C(C(F)(F)F)NC(=O)C3C)n2)c(OC)c1. The van der Waals surface area contributed by atoms with E-state index in [1.807, 2.05) is 0 Å². The molecular weight excluding hydrogens is 511 g/mol. The van der Waals surface area contributed by atoms with Gasteiger partial charge >= 0.3 is 12.1 Å². The van der Waals surface area contributed by atoms with Crippen molar-refractivity contribution in [3.05, 3.63) is 45.9 Å².